The fraction of sp³-hybridized carbons (Fsp3) is 0.647. The van der Waals surface area contributed by atoms with E-state index in [4.69, 9.17) is 9.47 Å². The molecular weight excluding hydrogens is 360 g/mol. The van der Waals surface area contributed by atoms with Gasteiger partial charge in [-0.15, -0.1) is 0 Å². The number of sulfonamides is 1. The van der Waals surface area contributed by atoms with Crippen LogP contribution in [-0.2, 0) is 14.8 Å². The second-order valence-corrected chi connectivity index (χ2v) is 9.33. The number of ether oxygens (including phenoxy) is 2. The van der Waals surface area contributed by atoms with E-state index in [1.54, 1.807) is 35.7 Å². The average Bonchev–Trinajstić information content (AvgIpc) is 2.88. The summed E-state index contributed by atoms with van der Waals surface area (Å²) in [7, 11) is -1.93. The largest absolute Gasteiger partial charge is 0.497 e. The highest BCUT2D eigenvalue weighted by molar-refractivity contribution is 7.99. The summed E-state index contributed by atoms with van der Waals surface area (Å²) in [6.45, 7) is 4.55. The molecule has 25 heavy (non-hydrogen) atoms. The van der Waals surface area contributed by atoms with Crippen LogP contribution in [0.5, 0.6) is 5.75 Å². The van der Waals surface area contributed by atoms with Crippen molar-refractivity contribution in [2.24, 2.45) is 0 Å². The van der Waals surface area contributed by atoms with Crippen LogP contribution in [0.2, 0.25) is 0 Å². The van der Waals surface area contributed by atoms with Crippen LogP contribution in [0.4, 0.5) is 0 Å². The molecule has 0 aliphatic carbocycles. The zero-order valence-corrected chi connectivity index (χ0v) is 16.2. The van der Waals surface area contributed by atoms with Gasteiger partial charge >= 0.3 is 0 Å². The van der Waals surface area contributed by atoms with Gasteiger partial charge in [0, 0.05) is 38.0 Å². The van der Waals surface area contributed by atoms with Crippen LogP contribution in [0.25, 0.3) is 0 Å². The maximum atomic E-state index is 13.2. The summed E-state index contributed by atoms with van der Waals surface area (Å²) >= 11 is 1.85. The second-order valence-electron chi connectivity index (χ2n) is 6.29. The number of morpholine rings is 1. The van der Waals surface area contributed by atoms with Gasteiger partial charge in [0.05, 0.1) is 25.2 Å². The Morgan fingerprint density at radius 1 is 1.20 bits per heavy atom. The van der Waals surface area contributed by atoms with Crippen molar-refractivity contribution >= 4 is 21.8 Å². The molecule has 140 valence electrons. The standard InChI is InChI=1S/C17H26N2O4S2/c1-22-16-3-5-17(6-4-16)25(20,21)19-7-2-12-24-14-15(19)13-18-8-10-23-11-9-18/h3-6,15H,2,7-14H2,1H3/t15-/m1/s1. The Kier molecular flexibility index (Phi) is 6.62. The molecule has 0 amide bonds. The summed E-state index contributed by atoms with van der Waals surface area (Å²) < 4.78 is 38.7. The molecule has 2 heterocycles. The third-order valence-corrected chi connectivity index (χ3v) is 7.79. The number of hydrogen-bond donors (Lipinski definition) is 0. The van der Waals surface area contributed by atoms with Crippen LogP contribution in [0.1, 0.15) is 6.42 Å². The van der Waals surface area contributed by atoms with E-state index in [0.717, 1.165) is 50.8 Å². The topological polar surface area (TPSA) is 59.1 Å². The zero-order valence-electron chi connectivity index (χ0n) is 14.6. The van der Waals surface area contributed by atoms with Crippen molar-refractivity contribution in [3.8, 4) is 5.75 Å². The van der Waals surface area contributed by atoms with Crippen LogP contribution >= 0.6 is 11.8 Å². The molecule has 0 radical (unpaired) electrons. The summed E-state index contributed by atoms with van der Waals surface area (Å²) in [6.07, 6.45) is 0.889. The van der Waals surface area contributed by atoms with E-state index in [9.17, 15) is 8.42 Å². The van der Waals surface area contributed by atoms with Gasteiger partial charge in [-0.05, 0) is 36.4 Å². The van der Waals surface area contributed by atoms with Gasteiger partial charge in [-0.3, -0.25) is 4.90 Å². The third-order valence-electron chi connectivity index (χ3n) is 4.62. The molecule has 2 aliphatic heterocycles. The summed E-state index contributed by atoms with van der Waals surface area (Å²) in [5.41, 5.74) is 0. The first kappa shape index (κ1) is 19.0. The van der Waals surface area contributed by atoms with Crippen molar-refractivity contribution in [1.29, 1.82) is 0 Å². The van der Waals surface area contributed by atoms with Crippen molar-refractivity contribution in [3.05, 3.63) is 24.3 Å². The van der Waals surface area contributed by atoms with Gasteiger partial charge in [0.25, 0.3) is 0 Å². The Hall–Kier alpha value is -0.800. The van der Waals surface area contributed by atoms with E-state index in [0.29, 0.717) is 17.2 Å². The first-order valence-electron chi connectivity index (χ1n) is 8.65. The molecule has 0 saturated carbocycles. The lowest BCUT2D eigenvalue weighted by Gasteiger charge is -2.35. The molecule has 0 spiro atoms. The molecular formula is C17H26N2O4S2. The predicted molar refractivity (Wildman–Crippen MR) is 99.9 cm³/mol. The monoisotopic (exact) mass is 386 g/mol. The van der Waals surface area contributed by atoms with Crippen molar-refractivity contribution in [2.75, 3.05) is 58.0 Å². The molecule has 2 fully saturated rings. The smallest absolute Gasteiger partial charge is 0.243 e. The fourth-order valence-electron chi connectivity index (χ4n) is 3.23. The molecule has 3 rings (SSSR count). The van der Waals surface area contributed by atoms with Gasteiger partial charge in [-0.2, -0.15) is 16.1 Å². The molecule has 0 aromatic heterocycles. The van der Waals surface area contributed by atoms with Crippen molar-refractivity contribution in [1.82, 2.24) is 9.21 Å². The third kappa shape index (κ3) is 4.68. The quantitative estimate of drug-likeness (QED) is 0.765. The van der Waals surface area contributed by atoms with E-state index >= 15 is 0 Å². The minimum absolute atomic E-state index is 0.00213. The van der Waals surface area contributed by atoms with Crippen LogP contribution < -0.4 is 4.74 Å². The highest BCUT2D eigenvalue weighted by Crippen LogP contribution is 2.26. The van der Waals surface area contributed by atoms with Crippen molar-refractivity contribution in [2.45, 2.75) is 17.4 Å². The van der Waals surface area contributed by atoms with Gasteiger partial charge < -0.3 is 9.47 Å². The lowest BCUT2D eigenvalue weighted by atomic mass is 10.2. The molecule has 0 N–H and O–H groups in total. The lowest BCUT2D eigenvalue weighted by Crippen LogP contribution is -2.50. The second kappa shape index (κ2) is 8.73. The molecule has 0 unspecified atom stereocenters. The van der Waals surface area contributed by atoms with E-state index in [2.05, 4.69) is 4.90 Å². The normalized spacial score (nSPS) is 24.0. The predicted octanol–water partition coefficient (Wildman–Crippen LogP) is 1.52. The summed E-state index contributed by atoms with van der Waals surface area (Å²) in [6, 6.07) is 6.68. The Morgan fingerprint density at radius 2 is 1.92 bits per heavy atom. The summed E-state index contributed by atoms with van der Waals surface area (Å²) in [5, 5.41) is 0. The lowest BCUT2D eigenvalue weighted by molar-refractivity contribution is 0.0309. The van der Waals surface area contributed by atoms with E-state index < -0.39 is 10.0 Å². The molecule has 2 aliphatic rings. The fourth-order valence-corrected chi connectivity index (χ4v) is 6.04. The molecule has 6 nitrogen and oxygen atoms in total. The maximum Gasteiger partial charge on any atom is 0.243 e. The Balaban J connectivity index is 1.80. The molecule has 1 atom stereocenters. The molecule has 0 bridgehead atoms. The van der Waals surface area contributed by atoms with Gasteiger partial charge in [0.15, 0.2) is 0 Å². The molecule has 2 saturated heterocycles. The van der Waals surface area contributed by atoms with Crippen LogP contribution in [0.3, 0.4) is 0 Å². The first-order chi connectivity index (χ1) is 12.1. The van der Waals surface area contributed by atoms with Crippen LogP contribution in [0.15, 0.2) is 29.2 Å². The van der Waals surface area contributed by atoms with Crippen LogP contribution in [-0.4, -0.2) is 81.7 Å². The van der Waals surface area contributed by atoms with Crippen LogP contribution in [0, 0.1) is 0 Å². The number of rotatable bonds is 5. The highest BCUT2D eigenvalue weighted by atomic mass is 32.2. The average molecular weight is 387 g/mol. The zero-order chi connectivity index (χ0) is 17.7. The molecule has 1 aromatic carbocycles. The summed E-state index contributed by atoms with van der Waals surface area (Å²) in [5.74, 6) is 2.51. The van der Waals surface area contributed by atoms with Gasteiger partial charge in [0.1, 0.15) is 5.75 Å². The van der Waals surface area contributed by atoms with E-state index in [1.165, 1.54) is 0 Å². The highest BCUT2D eigenvalue weighted by Gasteiger charge is 2.34. The number of benzene rings is 1. The SMILES string of the molecule is COc1ccc(S(=O)(=O)N2CCCSC[C@H]2CN2CCOCC2)cc1. The minimum Gasteiger partial charge on any atom is -0.497 e. The number of thioether (sulfide) groups is 1. The first-order valence-corrected chi connectivity index (χ1v) is 11.2. The minimum atomic E-state index is -3.50. The van der Waals surface area contributed by atoms with Crippen molar-refractivity contribution in [3.63, 3.8) is 0 Å². The summed E-state index contributed by atoms with van der Waals surface area (Å²) in [4.78, 5) is 2.66. The maximum absolute atomic E-state index is 13.2. The number of nitrogens with zero attached hydrogens (tertiary/aromatic N) is 2. The van der Waals surface area contributed by atoms with Gasteiger partial charge in [-0.1, -0.05) is 0 Å². The van der Waals surface area contributed by atoms with Gasteiger partial charge in [-0.25, -0.2) is 8.42 Å². The van der Waals surface area contributed by atoms with E-state index in [1.807, 2.05) is 11.8 Å². The number of hydrogen-bond acceptors (Lipinski definition) is 6. The Labute approximate surface area is 154 Å². The molecule has 1 aromatic rings. The Bertz CT molecular complexity index is 645. The van der Waals surface area contributed by atoms with E-state index in [-0.39, 0.29) is 6.04 Å². The van der Waals surface area contributed by atoms with Crippen molar-refractivity contribution < 1.29 is 17.9 Å². The molecule has 8 heteroatoms. The number of methoxy groups -OCH3 is 1. The Morgan fingerprint density at radius 3 is 2.60 bits per heavy atom. The van der Waals surface area contributed by atoms with Gasteiger partial charge in [0.2, 0.25) is 10.0 Å².